The number of amides is 1. The third-order valence-electron chi connectivity index (χ3n) is 3.76. The third-order valence-corrected chi connectivity index (χ3v) is 4.67. The molecular formula is C16H21N3O4S. The SMILES string of the molecule is C[C@H](c1cccc(S(N)(=O)=O)c1)N(C)CC(=O)NCc1ccco1. The maximum atomic E-state index is 12.0. The molecule has 0 aliphatic heterocycles. The minimum absolute atomic E-state index is 0.0579. The quantitative estimate of drug-likeness (QED) is 0.780. The van der Waals surface area contributed by atoms with Crippen LogP contribution in [-0.4, -0.2) is 32.8 Å². The molecule has 0 aliphatic rings. The van der Waals surface area contributed by atoms with Gasteiger partial charge in [-0.2, -0.15) is 0 Å². The van der Waals surface area contributed by atoms with Gasteiger partial charge in [-0.25, -0.2) is 13.6 Å². The zero-order valence-electron chi connectivity index (χ0n) is 13.6. The molecule has 0 saturated heterocycles. The smallest absolute Gasteiger partial charge is 0.238 e. The number of carbonyl (C=O) groups is 1. The second-order valence-electron chi connectivity index (χ2n) is 5.56. The molecule has 1 aromatic heterocycles. The Morgan fingerprint density at radius 1 is 1.33 bits per heavy atom. The van der Waals surface area contributed by atoms with Gasteiger partial charge in [0.1, 0.15) is 5.76 Å². The van der Waals surface area contributed by atoms with E-state index in [1.807, 2.05) is 11.8 Å². The van der Waals surface area contributed by atoms with E-state index in [4.69, 9.17) is 9.56 Å². The number of likely N-dealkylation sites (N-methyl/N-ethyl adjacent to an activating group) is 1. The lowest BCUT2D eigenvalue weighted by Crippen LogP contribution is -2.36. The van der Waals surface area contributed by atoms with E-state index in [-0.39, 0.29) is 23.4 Å². The standard InChI is InChI=1S/C16H21N3O4S/c1-12(13-5-3-7-15(9-13)24(17,21)22)19(2)11-16(20)18-10-14-6-4-8-23-14/h3-9,12H,10-11H2,1-2H3,(H,18,20)(H2,17,21,22)/t12-/m1/s1. The van der Waals surface area contributed by atoms with Crippen molar-refractivity contribution in [2.24, 2.45) is 5.14 Å². The highest BCUT2D eigenvalue weighted by atomic mass is 32.2. The van der Waals surface area contributed by atoms with Crippen molar-refractivity contribution >= 4 is 15.9 Å². The van der Waals surface area contributed by atoms with E-state index in [2.05, 4.69) is 5.32 Å². The van der Waals surface area contributed by atoms with Gasteiger partial charge in [0.15, 0.2) is 0 Å². The predicted octanol–water partition coefficient (Wildman–Crippen LogP) is 1.24. The van der Waals surface area contributed by atoms with Crippen LogP contribution in [0, 0.1) is 0 Å². The van der Waals surface area contributed by atoms with Crippen molar-refractivity contribution in [2.45, 2.75) is 24.4 Å². The molecule has 1 heterocycles. The summed E-state index contributed by atoms with van der Waals surface area (Å²) >= 11 is 0. The van der Waals surface area contributed by atoms with Crippen LogP contribution in [0.1, 0.15) is 24.3 Å². The van der Waals surface area contributed by atoms with Gasteiger partial charge in [-0.3, -0.25) is 9.69 Å². The number of nitrogens with zero attached hydrogens (tertiary/aromatic N) is 1. The molecule has 3 N–H and O–H groups in total. The van der Waals surface area contributed by atoms with E-state index in [9.17, 15) is 13.2 Å². The summed E-state index contributed by atoms with van der Waals surface area (Å²) in [6.07, 6.45) is 1.55. The lowest BCUT2D eigenvalue weighted by atomic mass is 10.1. The van der Waals surface area contributed by atoms with Crippen molar-refractivity contribution < 1.29 is 17.6 Å². The van der Waals surface area contributed by atoms with Crippen LogP contribution in [0.5, 0.6) is 0 Å². The summed E-state index contributed by atoms with van der Waals surface area (Å²) < 4.78 is 28.0. The Balaban J connectivity index is 1.96. The van der Waals surface area contributed by atoms with Gasteiger partial charge in [-0.1, -0.05) is 12.1 Å². The van der Waals surface area contributed by atoms with Crippen molar-refractivity contribution in [2.75, 3.05) is 13.6 Å². The summed E-state index contributed by atoms with van der Waals surface area (Å²) in [5.74, 6) is 0.531. The van der Waals surface area contributed by atoms with Crippen molar-refractivity contribution in [1.29, 1.82) is 0 Å². The maximum Gasteiger partial charge on any atom is 0.238 e. The molecule has 0 spiro atoms. The molecule has 8 heteroatoms. The number of nitrogens with two attached hydrogens (primary N) is 1. The molecule has 0 bridgehead atoms. The molecule has 0 saturated carbocycles. The second kappa shape index (κ2) is 7.61. The van der Waals surface area contributed by atoms with Crippen LogP contribution in [0.15, 0.2) is 52.0 Å². The number of nitrogens with one attached hydrogen (secondary N) is 1. The molecule has 2 rings (SSSR count). The van der Waals surface area contributed by atoms with Gasteiger partial charge in [0.25, 0.3) is 0 Å². The van der Waals surface area contributed by atoms with Gasteiger partial charge in [0.2, 0.25) is 15.9 Å². The molecule has 0 fully saturated rings. The number of primary sulfonamides is 1. The van der Waals surface area contributed by atoms with Crippen LogP contribution in [0.3, 0.4) is 0 Å². The number of carbonyl (C=O) groups excluding carboxylic acids is 1. The van der Waals surface area contributed by atoms with E-state index in [1.165, 1.54) is 12.1 Å². The van der Waals surface area contributed by atoms with E-state index in [0.29, 0.717) is 12.3 Å². The molecule has 0 radical (unpaired) electrons. The topological polar surface area (TPSA) is 106 Å². The molecule has 1 amide bonds. The number of furan rings is 1. The number of benzene rings is 1. The van der Waals surface area contributed by atoms with Gasteiger partial charge in [0, 0.05) is 6.04 Å². The van der Waals surface area contributed by atoms with Gasteiger partial charge in [-0.15, -0.1) is 0 Å². The normalized spacial score (nSPS) is 13.0. The first kappa shape index (κ1) is 18.2. The van der Waals surface area contributed by atoms with Crippen LogP contribution in [0.2, 0.25) is 0 Å². The first-order valence-corrected chi connectivity index (χ1v) is 8.94. The number of rotatable bonds is 7. The minimum Gasteiger partial charge on any atom is -0.467 e. The largest absolute Gasteiger partial charge is 0.467 e. The van der Waals surface area contributed by atoms with E-state index in [0.717, 1.165) is 5.56 Å². The maximum absolute atomic E-state index is 12.0. The average molecular weight is 351 g/mol. The van der Waals surface area contributed by atoms with Crippen molar-refractivity contribution in [3.63, 3.8) is 0 Å². The fraction of sp³-hybridized carbons (Fsp3) is 0.312. The van der Waals surface area contributed by atoms with Gasteiger partial charge >= 0.3 is 0 Å². The molecule has 2 aromatic rings. The highest BCUT2D eigenvalue weighted by Crippen LogP contribution is 2.21. The molecule has 24 heavy (non-hydrogen) atoms. The lowest BCUT2D eigenvalue weighted by molar-refractivity contribution is -0.122. The molecule has 1 aromatic carbocycles. The Kier molecular flexibility index (Phi) is 5.76. The average Bonchev–Trinajstić information content (AvgIpc) is 3.05. The summed E-state index contributed by atoms with van der Waals surface area (Å²) in [4.78, 5) is 13.9. The molecule has 7 nitrogen and oxygen atoms in total. The van der Waals surface area contributed by atoms with E-state index >= 15 is 0 Å². The summed E-state index contributed by atoms with van der Waals surface area (Å²) in [7, 11) is -1.96. The lowest BCUT2D eigenvalue weighted by Gasteiger charge is -2.24. The molecular weight excluding hydrogens is 330 g/mol. The zero-order valence-corrected chi connectivity index (χ0v) is 14.4. The van der Waals surface area contributed by atoms with Crippen LogP contribution < -0.4 is 10.5 Å². The number of sulfonamides is 1. The monoisotopic (exact) mass is 351 g/mol. The summed E-state index contributed by atoms with van der Waals surface area (Å²) in [5, 5.41) is 7.92. The highest BCUT2D eigenvalue weighted by molar-refractivity contribution is 7.89. The van der Waals surface area contributed by atoms with E-state index < -0.39 is 10.0 Å². The van der Waals surface area contributed by atoms with E-state index in [1.54, 1.807) is 37.6 Å². The van der Waals surface area contributed by atoms with Gasteiger partial charge < -0.3 is 9.73 Å². The fourth-order valence-corrected chi connectivity index (χ4v) is 2.79. The highest BCUT2D eigenvalue weighted by Gasteiger charge is 2.17. The predicted molar refractivity (Wildman–Crippen MR) is 89.4 cm³/mol. The van der Waals surface area contributed by atoms with Crippen LogP contribution in [0.4, 0.5) is 0 Å². The molecule has 0 aliphatic carbocycles. The van der Waals surface area contributed by atoms with Gasteiger partial charge in [0.05, 0.1) is 24.2 Å². The second-order valence-corrected chi connectivity index (χ2v) is 7.13. The Labute approximate surface area is 141 Å². The van der Waals surface area contributed by atoms with Gasteiger partial charge in [-0.05, 0) is 43.8 Å². The molecule has 130 valence electrons. The Morgan fingerprint density at radius 3 is 2.71 bits per heavy atom. The minimum atomic E-state index is -3.75. The fourth-order valence-electron chi connectivity index (χ4n) is 2.22. The Morgan fingerprint density at radius 2 is 2.08 bits per heavy atom. The van der Waals surface area contributed by atoms with Crippen molar-refractivity contribution in [1.82, 2.24) is 10.2 Å². The Hall–Kier alpha value is -2.16. The third kappa shape index (κ3) is 4.92. The summed E-state index contributed by atoms with van der Waals surface area (Å²) in [5.41, 5.74) is 0.767. The van der Waals surface area contributed by atoms with Crippen molar-refractivity contribution in [3.8, 4) is 0 Å². The first-order chi connectivity index (χ1) is 11.3. The van der Waals surface area contributed by atoms with Crippen LogP contribution in [0.25, 0.3) is 0 Å². The number of hydrogen-bond acceptors (Lipinski definition) is 5. The first-order valence-electron chi connectivity index (χ1n) is 7.39. The summed E-state index contributed by atoms with van der Waals surface area (Å²) in [6, 6.07) is 9.80. The van der Waals surface area contributed by atoms with Crippen molar-refractivity contribution in [3.05, 3.63) is 54.0 Å². The molecule has 1 atom stereocenters. The Bertz CT molecular complexity index is 787. The van der Waals surface area contributed by atoms with Crippen LogP contribution in [-0.2, 0) is 21.4 Å². The molecule has 0 unspecified atom stereocenters. The van der Waals surface area contributed by atoms with Crippen LogP contribution >= 0.6 is 0 Å². The number of hydrogen-bond donors (Lipinski definition) is 2. The zero-order chi connectivity index (χ0) is 17.7. The summed E-state index contributed by atoms with van der Waals surface area (Å²) in [6.45, 7) is 2.39.